The molecule has 0 radical (unpaired) electrons. The maximum atomic E-state index is 5.61. The predicted molar refractivity (Wildman–Crippen MR) is 45.0 cm³/mol. The normalized spacial score (nSPS) is 26.7. The summed E-state index contributed by atoms with van der Waals surface area (Å²) in [5.74, 6) is 6.26. The molecule has 0 aromatic heterocycles. The van der Waals surface area contributed by atoms with Crippen LogP contribution >= 0.6 is 0 Å². The molecule has 0 bridgehead atoms. The van der Waals surface area contributed by atoms with Crippen molar-refractivity contribution in [1.29, 1.82) is 0 Å². The van der Waals surface area contributed by atoms with Gasteiger partial charge < -0.3 is 4.74 Å². The lowest BCUT2D eigenvalue weighted by Gasteiger charge is -2.12. The third kappa shape index (κ3) is 3.18. The van der Waals surface area contributed by atoms with Gasteiger partial charge in [0.1, 0.15) is 0 Å². The molecule has 66 valence electrons. The minimum absolute atomic E-state index is 0.349. The van der Waals surface area contributed by atoms with Gasteiger partial charge in [0.25, 0.3) is 0 Å². The zero-order valence-electron chi connectivity index (χ0n) is 7.42. The average molecular weight is 158 g/mol. The van der Waals surface area contributed by atoms with Gasteiger partial charge in [-0.1, -0.05) is 0 Å². The fraction of sp³-hybridized carbons (Fsp3) is 1.00. The monoisotopic (exact) mass is 158 g/mol. The summed E-state index contributed by atoms with van der Waals surface area (Å²) in [4.78, 5) is 0. The molecule has 1 aliphatic rings. The molecule has 0 aliphatic carbocycles. The fourth-order valence-electron chi connectivity index (χ4n) is 1.33. The Morgan fingerprint density at radius 3 is 2.82 bits per heavy atom. The molecular formula is C8H18N2O. The van der Waals surface area contributed by atoms with E-state index in [1.807, 2.05) is 5.01 Å². The van der Waals surface area contributed by atoms with E-state index in [4.69, 9.17) is 10.6 Å². The maximum Gasteiger partial charge on any atom is 0.0519 e. The second kappa shape index (κ2) is 4.04. The van der Waals surface area contributed by atoms with Crippen LogP contribution in [0.4, 0.5) is 0 Å². The number of rotatable bonds is 3. The van der Waals surface area contributed by atoms with Crippen molar-refractivity contribution in [2.45, 2.75) is 26.4 Å². The Bertz CT molecular complexity index is 117. The van der Waals surface area contributed by atoms with E-state index in [2.05, 4.69) is 13.8 Å². The predicted octanol–water partition coefficient (Wildman–Crippen LogP) is 0.607. The Morgan fingerprint density at radius 2 is 2.36 bits per heavy atom. The van der Waals surface area contributed by atoms with E-state index in [-0.39, 0.29) is 0 Å². The van der Waals surface area contributed by atoms with Crippen LogP contribution in [0.1, 0.15) is 20.3 Å². The van der Waals surface area contributed by atoms with Crippen molar-refractivity contribution in [2.24, 2.45) is 11.8 Å². The van der Waals surface area contributed by atoms with Crippen molar-refractivity contribution in [2.75, 3.05) is 19.7 Å². The van der Waals surface area contributed by atoms with Crippen molar-refractivity contribution in [3.05, 3.63) is 0 Å². The highest BCUT2D eigenvalue weighted by Crippen LogP contribution is 2.13. The van der Waals surface area contributed by atoms with Crippen LogP contribution < -0.4 is 5.84 Å². The molecule has 2 N–H and O–H groups in total. The Hall–Kier alpha value is -0.120. The second-order valence-corrected chi connectivity index (χ2v) is 3.53. The Balaban J connectivity index is 2.08. The van der Waals surface area contributed by atoms with Gasteiger partial charge in [-0.15, -0.1) is 0 Å². The summed E-state index contributed by atoms with van der Waals surface area (Å²) in [6.07, 6.45) is 1.53. The minimum atomic E-state index is 0.349. The minimum Gasteiger partial charge on any atom is -0.378 e. The Kier molecular flexibility index (Phi) is 3.30. The van der Waals surface area contributed by atoms with Gasteiger partial charge in [-0.25, -0.2) is 5.01 Å². The van der Waals surface area contributed by atoms with Crippen LogP contribution in [0.2, 0.25) is 0 Å². The van der Waals surface area contributed by atoms with Crippen molar-refractivity contribution in [3.63, 3.8) is 0 Å². The quantitative estimate of drug-likeness (QED) is 0.611. The van der Waals surface area contributed by atoms with Crippen molar-refractivity contribution >= 4 is 0 Å². The summed E-state index contributed by atoms with van der Waals surface area (Å²) in [7, 11) is 0. The summed E-state index contributed by atoms with van der Waals surface area (Å²) in [6.45, 7) is 7.01. The third-order valence-electron chi connectivity index (χ3n) is 1.98. The van der Waals surface area contributed by atoms with Crippen LogP contribution in [0.25, 0.3) is 0 Å². The summed E-state index contributed by atoms with van der Waals surface area (Å²) in [6, 6.07) is 0. The highest BCUT2D eigenvalue weighted by atomic mass is 16.5. The van der Waals surface area contributed by atoms with Crippen LogP contribution in [0.15, 0.2) is 0 Å². The van der Waals surface area contributed by atoms with E-state index in [9.17, 15) is 0 Å². The molecule has 0 aromatic rings. The zero-order chi connectivity index (χ0) is 8.27. The number of hydrogen-bond acceptors (Lipinski definition) is 3. The topological polar surface area (TPSA) is 38.5 Å². The molecule has 1 unspecified atom stereocenters. The fourth-order valence-corrected chi connectivity index (χ4v) is 1.33. The van der Waals surface area contributed by atoms with Gasteiger partial charge in [0, 0.05) is 13.1 Å². The first-order valence-electron chi connectivity index (χ1n) is 4.29. The van der Waals surface area contributed by atoms with E-state index in [1.54, 1.807) is 0 Å². The van der Waals surface area contributed by atoms with Gasteiger partial charge >= 0.3 is 0 Å². The average Bonchev–Trinajstić information content (AvgIpc) is 2.31. The van der Waals surface area contributed by atoms with E-state index in [0.717, 1.165) is 19.7 Å². The van der Waals surface area contributed by atoms with Crippen LogP contribution in [-0.4, -0.2) is 30.8 Å². The molecule has 0 amide bonds. The second-order valence-electron chi connectivity index (χ2n) is 3.53. The molecule has 1 atom stereocenters. The molecule has 1 heterocycles. The van der Waals surface area contributed by atoms with Crippen molar-refractivity contribution < 1.29 is 4.74 Å². The van der Waals surface area contributed by atoms with Crippen molar-refractivity contribution in [3.8, 4) is 0 Å². The van der Waals surface area contributed by atoms with Gasteiger partial charge in [0.15, 0.2) is 0 Å². The third-order valence-corrected chi connectivity index (χ3v) is 1.98. The molecule has 0 spiro atoms. The van der Waals surface area contributed by atoms with Gasteiger partial charge in [-0.05, 0) is 26.2 Å². The molecule has 1 rings (SSSR count). The van der Waals surface area contributed by atoms with E-state index >= 15 is 0 Å². The van der Waals surface area contributed by atoms with Crippen molar-refractivity contribution in [1.82, 2.24) is 5.01 Å². The number of hydrogen-bond donors (Lipinski definition) is 1. The number of ether oxygens (including phenoxy) is 1. The number of nitrogens with two attached hydrogens (primary N) is 1. The molecule has 1 saturated heterocycles. The highest BCUT2D eigenvalue weighted by molar-refractivity contribution is 4.71. The molecule has 0 saturated carbocycles. The van der Waals surface area contributed by atoms with Crippen LogP contribution in [0, 0.1) is 5.92 Å². The van der Waals surface area contributed by atoms with Gasteiger partial charge in [0.2, 0.25) is 0 Å². The van der Waals surface area contributed by atoms with Crippen LogP contribution in [0.5, 0.6) is 0 Å². The molecule has 1 aliphatic heterocycles. The molecule has 1 fully saturated rings. The molecular weight excluding hydrogens is 140 g/mol. The van der Waals surface area contributed by atoms with E-state index < -0.39 is 0 Å². The standard InChI is InChI=1S/C8H18N2O/c1-7(2)11-6-8-3-4-10(9)5-8/h7-8H,3-6,9H2,1-2H3. The molecule has 3 heteroatoms. The lowest BCUT2D eigenvalue weighted by atomic mass is 10.1. The lowest BCUT2D eigenvalue weighted by Crippen LogP contribution is -2.28. The first kappa shape index (κ1) is 8.97. The first-order chi connectivity index (χ1) is 5.18. The maximum absolute atomic E-state index is 5.61. The van der Waals surface area contributed by atoms with Crippen LogP contribution in [0.3, 0.4) is 0 Å². The summed E-state index contributed by atoms with van der Waals surface area (Å²) >= 11 is 0. The Morgan fingerprint density at radius 1 is 1.64 bits per heavy atom. The molecule has 0 aromatic carbocycles. The first-order valence-corrected chi connectivity index (χ1v) is 4.29. The number of hydrazine groups is 1. The largest absolute Gasteiger partial charge is 0.378 e. The van der Waals surface area contributed by atoms with Crippen LogP contribution in [-0.2, 0) is 4.74 Å². The van der Waals surface area contributed by atoms with E-state index in [0.29, 0.717) is 12.0 Å². The highest BCUT2D eigenvalue weighted by Gasteiger charge is 2.19. The lowest BCUT2D eigenvalue weighted by molar-refractivity contribution is 0.0530. The van der Waals surface area contributed by atoms with Gasteiger partial charge in [-0.2, -0.15) is 0 Å². The smallest absolute Gasteiger partial charge is 0.0519 e. The summed E-state index contributed by atoms with van der Waals surface area (Å²) in [5, 5.41) is 1.87. The SMILES string of the molecule is CC(C)OCC1CCN(N)C1. The summed E-state index contributed by atoms with van der Waals surface area (Å²) in [5.41, 5.74) is 0. The van der Waals surface area contributed by atoms with Gasteiger partial charge in [0.05, 0.1) is 12.7 Å². The molecule has 11 heavy (non-hydrogen) atoms. The number of nitrogens with zero attached hydrogens (tertiary/aromatic N) is 1. The van der Waals surface area contributed by atoms with Gasteiger partial charge in [-0.3, -0.25) is 5.84 Å². The zero-order valence-corrected chi connectivity index (χ0v) is 7.42. The summed E-state index contributed by atoms with van der Waals surface area (Å²) < 4.78 is 5.49. The van der Waals surface area contributed by atoms with E-state index in [1.165, 1.54) is 6.42 Å². The molecule has 3 nitrogen and oxygen atoms in total. The Labute approximate surface area is 68.5 Å².